The summed E-state index contributed by atoms with van der Waals surface area (Å²) >= 11 is 0. The smallest absolute Gasteiger partial charge is 0.296 e. The molecule has 4 rings (SSSR count). The van der Waals surface area contributed by atoms with Gasteiger partial charge in [-0.05, 0) is 31.2 Å². The third-order valence-corrected chi connectivity index (χ3v) is 6.70. The van der Waals surface area contributed by atoms with E-state index in [1.165, 1.54) is 10.6 Å². The van der Waals surface area contributed by atoms with Gasteiger partial charge in [0.2, 0.25) is 10.0 Å². The first-order valence-corrected chi connectivity index (χ1v) is 11.9. The van der Waals surface area contributed by atoms with Gasteiger partial charge in [0, 0.05) is 49.5 Å². The van der Waals surface area contributed by atoms with Gasteiger partial charge in [-0.25, -0.2) is 13.2 Å². The molecule has 0 atom stereocenters. The number of amides is 1. The van der Waals surface area contributed by atoms with Gasteiger partial charge in [0.05, 0.1) is 23.7 Å². The molecular formula is C21H26N6O3S. The number of aromatic nitrogens is 2. The number of aryl methyl sites for hydroxylation is 1. The second-order valence-corrected chi connectivity index (χ2v) is 9.69. The molecule has 0 saturated carbocycles. The molecule has 0 unspecified atom stereocenters. The number of carbonyl (C=O) groups is 1. The largest absolute Gasteiger partial charge is 0.344 e. The Hall–Kier alpha value is -2.95. The number of rotatable bonds is 5. The number of pyridine rings is 1. The van der Waals surface area contributed by atoms with Crippen LogP contribution in [-0.4, -0.2) is 65.6 Å². The predicted molar refractivity (Wildman–Crippen MR) is 120 cm³/mol. The molecule has 1 saturated heterocycles. The quantitative estimate of drug-likeness (QED) is 0.587. The average molecular weight is 443 g/mol. The predicted octanol–water partition coefficient (Wildman–Crippen LogP) is 2.01. The van der Waals surface area contributed by atoms with Crippen LogP contribution in [-0.2, 0) is 16.6 Å². The van der Waals surface area contributed by atoms with Crippen molar-refractivity contribution in [1.29, 1.82) is 0 Å². The standard InChI is InChI=1S/C21H26N6O3S/c1-16-7-8-18(14-22-16)23-24-21(28)27-19(13-17-5-3-4-6-20(17)27)15-25-9-11-26(12-10-25)31(2,29)30/h3-8,13-14,23H,9-12,15H2,1-2H3,(H,24,28). The molecule has 1 amide bonds. The van der Waals surface area contributed by atoms with Crippen molar-refractivity contribution in [2.75, 3.05) is 37.9 Å². The fraction of sp³-hybridized carbons (Fsp3) is 0.333. The Bertz CT molecular complexity index is 1180. The first-order chi connectivity index (χ1) is 14.8. The van der Waals surface area contributed by atoms with E-state index in [2.05, 4.69) is 20.7 Å². The summed E-state index contributed by atoms with van der Waals surface area (Å²) in [6.07, 6.45) is 2.90. The second-order valence-electron chi connectivity index (χ2n) is 7.71. The SMILES string of the molecule is Cc1ccc(NNC(=O)n2c(CN3CCN(S(C)(=O)=O)CC3)cc3ccccc32)cn1. The topological polar surface area (TPSA) is 99.6 Å². The van der Waals surface area contributed by atoms with E-state index in [0.717, 1.165) is 22.3 Å². The van der Waals surface area contributed by atoms with Crippen LogP contribution in [0.1, 0.15) is 11.4 Å². The molecule has 1 aliphatic heterocycles. The van der Waals surface area contributed by atoms with Crippen LogP contribution in [0.3, 0.4) is 0 Å². The molecule has 3 heterocycles. The molecule has 2 N–H and O–H groups in total. The minimum absolute atomic E-state index is 0.299. The molecule has 164 valence electrons. The lowest BCUT2D eigenvalue weighted by Crippen LogP contribution is -2.48. The number of hydrogen-bond donors (Lipinski definition) is 2. The first kappa shape index (κ1) is 21.3. The van der Waals surface area contributed by atoms with E-state index >= 15 is 0 Å². The summed E-state index contributed by atoms with van der Waals surface area (Å²) in [5.74, 6) is 0. The number of benzene rings is 1. The Balaban J connectivity index is 1.52. The highest BCUT2D eigenvalue weighted by Gasteiger charge is 2.25. The summed E-state index contributed by atoms with van der Waals surface area (Å²) in [5.41, 5.74) is 8.89. The third kappa shape index (κ3) is 4.87. The van der Waals surface area contributed by atoms with Crippen LogP contribution in [0.5, 0.6) is 0 Å². The number of para-hydroxylation sites is 1. The molecule has 9 nitrogen and oxygen atoms in total. The molecule has 0 aliphatic carbocycles. The zero-order chi connectivity index (χ0) is 22.0. The van der Waals surface area contributed by atoms with Gasteiger partial charge in [-0.15, -0.1) is 0 Å². The molecule has 2 aromatic heterocycles. The summed E-state index contributed by atoms with van der Waals surface area (Å²) in [7, 11) is -3.18. The maximum Gasteiger partial charge on any atom is 0.344 e. The van der Waals surface area contributed by atoms with Crippen molar-refractivity contribution in [2.24, 2.45) is 0 Å². The number of hydrazine groups is 1. The maximum atomic E-state index is 13.1. The monoisotopic (exact) mass is 442 g/mol. The van der Waals surface area contributed by atoms with Crippen molar-refractivity contribution in [2.45, 2.75) is 13.5 Å². The van der Waals surface area contributed by atoms with Crippen LogP contribution in [0.15, 0.2) is 48.7 Å². The molecule has 1 aliphatic rings. The number of hydrogen-bond acceptors (Lipinski definition) is 6. The Morgan fingerprint density at radius 3 is 2.52 bits per heavy atom. The number of nitrogens with zero attached hydrogens (tertiary/aromatic N) is 4. The Labute approximate surface area is 181 Å². The number of sulfonamides is 1. The van der Waals surface area contributed by atoms with Crippen LogP contribution in [0.4, 0.5) is 10.5 Å². The molecule has 31 heavy (non-hydrogen) atoms. The van der Waals surface area contributed by atoms with E-state index in [1.54, 1.807) is 10.8 Å². The van der Waals surface area contributed by atoms with Crippen molar-refractivity contribution < 1.29 is 13.2 Å². The van der Waals surface area contributed by atoms with E-state index < -0.39 is 10.0 Å². The van der Waals surface area contributed by atoms with E-state index in [0.29, 0.717) is 38.4 Å². The lowest BCUT2D eigenvalue weighted by Gasteiger charge is -2.33. The Morgan fingerprint density at radius 1 is 1.10 bits per heavy atom. The van der Waals surface area contributed by atoms with Crippen molar-refractivity contribution in [3.63, 3.8) is 0 Å². The van der Waals surface area contributed by atoms with Crippen LogP contribution < -0.4 is 10.9 Å². The first-order valence-electron chi connectivity index (χ1n) is 10.1. The molecule has 0 radical (unpaired) electrons. The van der Waals surface area contributed by atoms with E-state index in [9.17, 15) is 13.2 Å². The van der Waals surface area contributed by atoms with Gasteiger partial charge in [0.1, 0.15) is 0 Å². The van der Waals surface area contributed by atoms with Crippen LogP contribution in [0.25, 0.3) is 10.9 Å². The van der Waals surface area contributed by atoms with Crippen molar-refractivity contribution in [3.8, 4) is 0 Å². The minimum atomic E-state index is -3.18. The summed E-state index contributed by atoms with van der Waals surface area (Å²) in [5, 5.41) is 0.972. The van der Waals surface area contributed by atoms with E-state index in [1.807, 2.05) is 49.4 Å². The third-order valence-electron chi connectivity index (χ3n) is 5.40. The van der Waals surface area contributed by atoms with Crippen molar-refractivity contribution in [1.82, 2.24) is 24.2 Å². The number of piperazine rings is 1. The van der Waals surface area contributed by atoms with Gasteiger partial charge in [-0.2, -0.15) is 4.31 Å². The molecule has 3 aromatic rings. The summed E-state index contributed by atoms with van der Waals surface area (Å²) < 4.78 is 26.7. The molecule has 0 bridgehead atoms. The average Bonchev–Trinajstić information content (AvgIpc) is 3.10. The van der Waals surface area contributed by atoms with Crippen LogP contribution >= 0.6 is 0 Å². The Kier molecular flexibility index (Phi) is 5.94. The van der Waals surface area contributed by atoms with Gasteiger partial charge in [0.25, 0.3) is 0 Å². The van der Waals surface area contributed by atoms with Crippen LogP contribution in [0, 0.1) is 6.92 Å². The number of fused-ring (bicyclic) bond motifs is 1. The summed E-state index contributed by atoms with van der Waals surface area (Å²) in [6, 6.07) is 13.1. The normalized spacial score (nSPS) is 15.8. The molecule has 1 fully saturated rings. The molecular weight excluding hydrogens is 416 g/mol. The number of carbonyl (C=O) groups excluding carboxylic acids is 1. The number of nitrogens with one attached hydrogen (secondary N) is 2. The summed E-state index contributed by atoms with van der Waals surface area (Å²) in [6.45, 7) is 4.58. The van der Waals surface area contributed by atoms with Gasteiger partial charge in [-0.1, -0.05) is 18.2 Å². The van der Waals surface area contributed by atoms with E-state index in [-0.39, 0.29) is 6.03 Å². The Morgan fingerprint density at radius 2 is 1.84 bits per heavy atom. The minimum Gasteiger partial charge on any atom is -0.296 e. The van der Waals surface area contributed by atoms with Crippen LogP contribution in [0.2, 0.25) is 0 Å². The lowest BCUT2D eigenvalue weighted by molar-refractivity contribution is 0.179. The second kappa shape index (κ2) is 8.66. The van der Waals surface area contributed by atoms with E-state index in [4.69, 9.17) is 0 Å². The molecule has 1 aromatic carbocycles. The zero-order valence-corrected chi connectivity index (χ0v) is 18.4. The van der Waals surface area contributed by atoms with Crippen molar-refractivity contribution in [3.05, 3.63) is 60.0 Å². The van der Waals surface area contributed by atoms with Crippen molar-refractivity contribution >= 4 is 32.6 Å². The van der Waals surface area contributed by atoms with Gasteiger partial charge in [0.15, 0.2) is 0 Å². The fourth-order valence-corrected chi connectivity index (χ4v) is 4.57. The molecule has 0 spiro atoms. The van der Waals surface area contributed by atoms with Gasteiger partial charge >= 0.3 is 6.03 Å². The zero-order valence-electron chi connectivity index (χ0n) is 17.6. The van der Waals surface area contributed by atoms with Gasteiger partial charge in [-0.3, -0.25) is 25.3 Å². The van der Waals surface area contributed by atoms with Gasteiger partial charge < -0.3 is 0 Å². The number of anilines is 1. The molecule has 10 heteroatoms. The highest BCUT2D eigenvalue weighted by atomic mass is 32.2. The highest BCUT2D eigenvalue weighted by Crippen LogP contribution is 2.22. The fourth-order valence-electron chi connectivity index (χ4n) is 3.74. The lowest BCUT2D eigenvalue weighted by atomic mass is 10.2. The highest BCUT2D eigenvalue weighted by molar-refractivity contribution is 7.88. The summed E-state index contributed by atoms with van der Waals surface area (Å²) in [4.78, 5) is 19.4. The maximum absolute atomic E-state index is 13.1.